The van der Waals surface area contributed by atoms with Crippen molar-refractivity contribution in [3.05, 3.63) is 0 Å². The van der Waals surface area contributed by atoms with Gasteiger partial charge >= 0.3 is 15.6 Å². The van der Waals surface area contributed by atoms with Crippen molar-refractivity contribution in [3.8, 4) is 0 Å². The molecular formula is C6H15NO11P2. The van der Waals surface area contributed by atoms with Crippen LogP contribution < -0.4 is 5.73 Å². The first-order valence-corrected chi connectivity index (χ1v) is 8.12. The van der Waals surface area contributed by atoms with Crippen molar-refractivity contribution in [2.24, 2.45) is 5.73 Å². The maximum atomic E-state index is 11.4. The van der Waals surface area contributed by atoms with Gasteiger partial charge in [-0.1, -0.05) is 0 Å². The van der Waals surface area contributed by atoms with E-state index in [9.17, 15) is 24.2 Å². The van der Waals surface area contributed by atoms with Gasteiger partial charge in [0.1, 0.15) is 12.7 Å². The number of phosphoric ester groups is 1. The lowest BCUT2D eigenvalue weighted by molar-refractivity contribution is -0.301. The molecule has 0 amide bonds. The molecule has 0 saturated carbocycles. The smallest absolute Gasteiger partial charge is 0.391 e. The predicted molar refractivity (Wildman–Crippen MR) is 59.8 cm³/mol. The Morgan fingerprint density at radius 1 is 1.30 bits per heavy atom. The summed E-state index contributed by atoms with van der Waals surface area (Å²) in [6, 6.07) is -1.40. The van der Waals surface area contributed by atoms with Crippen LogP contribution in [0.4, 0.5) is 0 Å². The van der Waals surface area contributed by atoms with Crippen molar-refractivity contribution < 1.29 is 52.7 Å². The fraction of sp³-hybridized carbons (Fsp3) is 1.00. The molecule has 0 bridgehead atoms. The predicted octanol–water partition coefficient (Wildman–Crippen LogP) is -3.02. The zero-order chi connectivity index (χ0) is 15.8. The second-order valence-corrected chi connectivity index (χ2v) is 6.76. The largest absolute Gasteiger partial charge is 0.483 e. The second-order valence-electron chi connectivity index (χ2n) is 4.00. The van der Waals surface area contributed by atoms with Gasteiger partial charge in [0, 0.05) is 0 Å². The summed E-state index contributed by atoms with van der Waals surface area (Å²) < 4.78 is 34.5. The molecule has 0 aromatic heterocycles. The lowest BCUT2D eigenvalue weighted by atomic mass is 9.96. The van der Waals surface area contributed by atoms with Crippen LogP contribution in [-0.4, -0.2) is 67.3 Å². The van der Waals surface area contributed by atoms with E-state index in [2.05, 4.69) is 8.83 Å². The Morgan fingerprint density at radius 3 is 2.30 bits per heavy atom. The molecule has 120 valence electrons. The van der Waals surface area contributed by atoms with E-state index < -0.39 is 52.9 Å². The Morgan fingerprint density at radius 2 is 1.85 bits per heavy atom. The second kappa shape index (κ2) is 6.05. The van der Waals surface area contributed by atoms with E-state index in [1.54, 1.807) is 0 Å². The number of hydrogen-bond acceptors (Lipinski definition) is 9. The first-order chi connectivity index (χ1) is 8.92. The molecule has 1 aliphatic rings. The number of phosphoric acid groups is 2. The summed E-state index contributed by atoms with van der Waals surface area (Å²) in [5.41, 5.74) is 5.38. The van der Waals surface area contributed by atoms with Gasteiger partial charge in [0.05, 0.1) is 18.8 Å². The molecule has 0 aromatic carbocycles. The van der Waals surface area contributed by atoms with Gasteiger partial charge in [0.25, 0.3) is 0 Å². The summed E-state index contributed by atoms with van der Waals surface area (Å²) in [6.45, 7) is -1.75. The Hall–Kier alpha value is 0.0600. The third-order valence-corrected chi connectivity index (χ3v) is 4.67. The van der Waals surface area contributed by atoms with Gasteiger partial charge in [-0.2, -0.15) is 4.31 Å². The Kier molecular flexibility index (Phi) is 5.48. The minimum atomic E-state index is -5.39. The number of rotatable bonds is 5. The average Bonchev–Trinajstić information content (AvgIpc) is 2.27. The molecule has 1 heterocycles. The standard InChI is InChI=1S/C6H15NO11P2/c7-4-3(9)1-16-6(2-8,5(4)10)17-20(14,15)18-19(11,12)13/h3-5,8-10H,1-2,7H2,(H,14,15)(H2,11,12,13)/t3-,4-,5-,6+/m0/s1. The van der Waals surface area contributed by atoms with Gasteiger partial charge in [-0.05, 0) is 0 Å². The molecule has 8 N–H and O–H groups in total. The third kappa shape index (κ3) is 4.28. The maximum absolute atomic E-state index is 11.4. The molecule has 1 saturated heterocycles. The zero-order valence-corrected chi connectivity index (χ0v) is 11.6. The van der Waals surface area contributed by atoms with Crippen LogP contribution in [0.25, 0.3) is 0 Å². The summed E-state index contributed by atoms with van der Waals surface area (Å²) >= 11 is 0. The molecule has 0 aliphatic carbocycles. The van der Waals surface area contributed by atoms with Crippen molar-refractivity contribution in [1.82, 2.24) is 0 Å². The maximum Gasteiger partial charge on any atom is 0.483 e. The van der Waals surface area contributed by atoms with Crippen molar-refractivity contribution in [3.63, 3.8) is 0 Å². The van der Waals surface area contributed by atoms with E-state index in [0.717, 1.165) is 0 Å². The summed E-state index contributed by atoms with van der Waals surface area (Å²) in [4.78, 5) is 26.1. The van der Waals surface area contributed by atoms with Gasteiger partial charge in [-0.15, -0.1) is 0 Å². The van der Waals surface area contributed by atoms with Crippen molar-refractivity contribution in [2.75, 3.05) is 13.2 Å². The lowest BCUT2D eigenvalue weighted by Crippen LogP contribution is -2.66. The van der Waals surface area contributed by atoms with E-state index in [1.165, 1.54) is 0 Å². The molecule has 1 rings (SSSR count). The fourth-order valence-corrected chi connectivity index (χ4v) is 3.34. The number of hydrogen-bond donors (Lipinski definition) is 7. The van der Waals surface area contributed by atoms with Gasteiger partial charge in [-0.3, -0.25) is 0 Å². The number of aliphatic hydroxyl groups is 3. The quantitative estimate of drug-likeness (QED) is 0.250. The Balaban J connectivity index is 2.96. The van der Waals surface area contributed by atoms with E-state index in [4.69, 9.17) is 25.4 Å². The monoisotopic (exact) mass is 339 g/mol. The minimum Gasteiger partial charge on any atom is -0.391 e. The van der Waals surface area contributed by atoms with Crippen LogP contribution in [0.3, 0.4) is 0 Å². The van der Waals surface area contributed by atoms with Crippen molar-refractivity contribution >= 4 is 15.6 Å². The van der Waals surface area contributed by atoms with Crippen LogP contribution >= 0.6 is 15.6 Å². The molecule has 12 nitrogen and oxygen atoms in total. The molecule has 1 aliphatic heterocycles. The van der Waals surface area contributed by atoms with E-state index in [0.29, 0.717) is 0 Å². The highest BCUT2D eigenvalue weighted by Gasteiger charge is 2.54. The van der Waals surface area contributed by atoms with Crippen LogP contribution in [0.5, 0.6) is 0 Å². The average molecular weight is 339 g/mol. The summed E-state index contributed by atoms with van der Waals surface area (Å²) in [6.07, 6.45) is -3.30. The lowest BCUT2D eigenvalue weighted by Gasteiger charge is -2.44. The van der Waals surface area contributed by atoms with Crippen molar-refractivity contribution in [1.29, 1.82) is 0 Å². The highest BCUT2D eigenvalue weighted by Crippen LogP contribution is 2.60. The van der Waals surface area contributed by atoms with Crippen LogP contribution in [0.2, 0.25) is 0 Å². The zero-order valence-electron chi connectivity index (χ0n) is 9.84. The third-order valence-electron chi connectivity index (χ3n) is 2.46. The molecule has 0 radical (unpaired) electrons. The minimum absolute atomic E-state index is 0.561. The Labute approximate surface area is 112 Å². The summed E-state index contributed by atoms with van der Waals surface area (Å²) in [7, 11) is -10.8. The molecular weight excluding hydrogens is 324 g/mol. The van der Waals surface area contributed by atoms with Gasteiger partial charge in [0.2, 0.25) is 5.79 Å². The normalized spacial score (nSPS) is 38.5. The SMILES string of the molecule is N[C@H]1[C@@H](O)CO[C@](CO)(OP(=O)(O)OP(=O)(O)O)[C@H]1O. The van der Waals surface area contributed by atoms with E-state index in [-0.39, 0.29) is 0 Å². The van der Waals surface area contributed by atoms with Crippen molar-refractivity contribution in [2.45, 2.75) is 24.0 Å². The number of ether oxygens (including phenoxy) is 1. The highest BCUT2D eigenvalue weighted by atomic mass is 31.3. The molecule has 14 heteroatoms. The molecule has 20 heavy (non-hydrogen) atoms. The summed E-state index contributed by atoms with van der Waals surface area (Å²) in [5.74, 6) is -2.57. The highest BCUT2D eigenvalue weighted by molar-refractivity contribution is 7.60. The number of aliphatic hydroxyl groups excluding tert-OH is 3. The molecule has 0 aromatic rings. The van der Waals surface area contributed by atoms with E-state index in [1.807, 2.05) is 0 Å². The molecule has 5 atom stereocenters. The fourth-order valence-electron chi connectivity index (χ4n) is 1.52. The van der Waals surface area contributed by atoms with Crippen LogP contribution in [-0.2, 0) is 22.7 Å². The topological polar surface area (TPSA) is 209 Å². The van der Waals surface area contributed by atoms with Gasteiger partial charge in [0.15, 0.2) is 0 Å². The van der Waals surface area contributed by atoms with E-state index >= 15 is 0 Å². The molecule has 1 fully saturated rings. The van der Waals surface area contributed by atoms with Crippen LogP contribution in [0.15, 0.2) is 0 Å². The summed E-state index contributed by atoms with van der Waals surface area (Å²) in [5, 5.41) is 28.2. The molecule has 1 unspecified atom stereocenters. The first kappa shape index (κ1) is 18.1. The van der Waals surface area contributed by atoms with Gasteiger partial charge < -0.3 is 40.5 Å². The number of nitrogens with two attached hydrogens (primary N) is 1. The van der Waals surface area contributed by atoms with Gasteiger partial charge in [-0.25, -0.2) is 13.7 Å². The van der Waals surface area contributed by atoms with Crippen LogP contribution in [0, 0.1) is 0 Å². The molecule has 0 spiro atoms. The Bertz CT molecular complexity index is 439. The van der Waals surface area contributed by atoms with Crippen LogP contribution in [0.1, 0.15) is 0 Å². The first-order valence-electron chi connectivity index (χ1n) is 5.09.